The molecule has 5 N–H and O–H groups in total. The SMILES string of the molecule is Cl.Cl.N=C(N)OC(=O)C(Cc1ccccc1S)Nc1ccc(CCNCc2cccc(Cl)c2)cc1. The maximum Gasteiger partial charge on any atom is 0.336 e. The van der Waals surface area contributed by atoms with E-state index in [9.17, 15) is 4.79 Å². The van der Waals surface area contributed by atoms with Gasteiger partial charge < -0.3 is 21.1 Å². The number of anilines is 1. The molecule has 3 aromatic rings. The Morgan fingerprint density at radius 2 is 1.74 bits per heavy atom. The first-order chi connectivity index (χ1) is 15.9. The molecule has 0 aliphatic heterocycles. The van der Waals surface area contributed by atoms with Crippen molar-refractivity contribution in [2.24, 2.45) is 5.73 Å². The molecule has 3 rings (SSSR count). The summed E-state index contributed by atoms with van der Waals surface area (Å²) in [5.41, 5.74) is 9.23. The van der Waals surface area contributed by atoms with Gasteiger partial charge in [-0.25, -0.2) is 4.79 Å². The summed E-state index contributed by atoms with van der Waals surface area (Å²) >= 11 is 10.5. The standard InChI is InChI=1S/C25H27ClN4O2S.2ClH/c26-20-6-3-4-18(14-20)16-29-13-12-17-8-10-21(11-9-17)30-22(24(31)32-25(27)28)15-19-5-1-2-7-23(19)33;;/h1-11,14,22,29-30,33H,12-13,15-16H2,(H3,27,28);2*1H. The molecule has 0 bridgehead atoms. The molecule has 0 fully saturated rings. The van der Waals surface area contributed by atoms with Gasteiger partial charge in [-0.3, -0.25) is 5.41 Å². The average Bonchev–Trinajstić information content (AvgIpc) is 2.78. The molecule has 0 saturated carbocycles. The highest BCUT2D eigenvalue weighted by molar-refractivity contribution is 7.80. The monoisotopic (exact) mass is 554 g/mol. The summed E-state index contributed by atoms with van der Waals surface area (Å²) in [6.07, 6.45) is 1.21. The number of nitrogens with one attached hydrogen (secondary N) is 3. The summed E-state index contributed by atoms with van der Waals surface area (Å²) in [6.45, 7) is 1.58. The first-order valence-corrected chi connectivity index (χ1v) is 11.4. The van der Waals surface area contributed by atoms with Crippen LogP contribution in [0.15, 0.2) is 77.7 Å². The molecule has 0 heterocycles. The maximum atomic E-state index is 12.5. The number of hydrogen-bond donors (Lipinski definition) is 5. The molecular formula is C25H29Cl3N4O2S. The van der Waals surface area contributed by atoms with Crippen molar-refractivity contribution in [1.82, 2.24) is 5.32 Å². The molecule has 35 heavy (non-hydrogen) atoms. The fourth-order valence-corrected chi connectivity index (χ4v) is 3.82. The van der Waals surface area contributed by atoms with Gasteiger partial charge in [-0.05, 0) is 60.0 Å². The van der Waals surface area contributed by atoms with Crippen molar-refractivity contribution in [2.45, 2.75) is 30.3 Å². The number of ether oxygens (including phenoxy) is 1. The first kappa shape index (κ1) is 30.6. The molecular weight excluding hydrogens is 527 g/mol. The number of rotatable bonds is 10. The highest BCUT2D eigenvalue weighted by atomic mass is 35.5. The molecule has 0 amide bonds. The molecule has 0 spiro atoms. The van der Waals surface area contributed by atoms with Gasteiger partial charge >= 0.3 is 5.97 Å². The van der Waals surface area contributed by atoms with Crippen LogP contribution in [0.5, 0.6) is 0 Å². The number of nitrogens with two attached hydrogens (primary N) is 1. The van der Waals surface area contributed by atoms with Crippen molar-refractivity contribution in [1.29, 1.82) is 5.41 Å². The summed E-state index contributed by atoms with van der Waals surface area (Å²) in [7, 11) is 0. The third-order valence-corrected chi connectivity index (χ3v) is 5.69. The number of thiol groups is 1. The van der Waals surface area contributed by atoms with E-state index in [0.717, 1.165) is 46.2 Å². The minimum absolute atomic E-state index is 0. The van der Waals surface area contributed by atoms with E-state index in [1.54, 1.807) is 0 Å². The molecule has 10 heteroatoms. The maximum absolute atomic E-state index is 12.5. The molecule has 188 valence electrons. The Balaban J connectivity index is 0.00000306. The van der Waals surface area contributed by atoms with Gasteiger partial charge in [0.2, 0.25) is 0 Å². The van der Waals surface area contributed by atoms with E-state index in [1.807, 2.05) is 72.8 Å². The third-order valence-electron chi connectivity index (χ3n) is 5.01. The summed E-state index contributed by atoms with van der Waals surface area (Å²) in [5, 5.41) is 14.6. The number of esters is 1. The molecule has 0 radical (unpaired) electrons. The Bertz CT molecular complexity index is 1100. The van der Waals surface area contributed by atoms with Crippen molar-refractivity contribution >= 4 is 66.7 Å². The Labute approximate surface area is 228 Å². The van der Waals surface area contributed by atoms with Gasteiger partial charge in [-0.1, -0.05) is 54.1 Å². The van der Waals surface area contributed by atoms with Gasteiger partial charge in [0.25, 0.3) is 6.02 Å². The molecule has 0 saturated heterocycles. The highest BCUT2D eigenvalue weighted by Gasteiger charge is 2.22. The lowest BCUT2D eigenvalue weighted by molar-refractivity contribution is -0.136. The van der Waals surface area contributed by atoms with Crippen LogP contribution < -0.4 is 16.4 Å². The molecule has 0 aliphatic rings. The zero-order chi connectivity index (χ0) is 23.6. The van der Waals surface area contributed by atoms with Crippen LogP contribution in [0.1, 0.15) is 16.7 Å². The second-order valence-electron chi connectivity index (χ2n) is 7.57. The number of benzene rings is 3. The molecule has 3 aromatic carbocycles. The second-order valence-corrected chi connectivity index (χ2v) is 8.49. The number of halogens is 3. The fraction of sp³-hybridized carbons (Fsp3) is 0.200. The number of hydrogen-bond acceptors (Lipinski definition) is 6. The summed E-state index contributed by atoms with van der Waals surface area (Å²) in [4.78, 5) is 13.3. The molecule has 0 aromatic heterocycles. The predicted octanol–water partition coefficient (Wildman–Crippen LogP) is 5.26. The van der Waals surface area contributed by atoms with Crippen LogP contribution in [0.2, 0.25) is 5.02 Å². The van der Waals surface area contributed by atoms with Crippen LogP contribution in [0.25, 0.3) is 0 Å². The van der Waals surface area contributed by atoms with Crippen molar-refractivity contribution in [3.8, 4) is 0 Å². The lowest BCUT2D eigenvalue weighted by Crippen LogP contribution is -2.36. The number of amidine groups is 1. The topological polar surface area (TPSA) is 100 Å². The molecule has 1 unspecified atom stereocenters. The average molecular weight is 556 g/mol. The van der Waals surface area contributed by atoms with Gasteiger partial charge in [0, 0.05) is 28.6 Å². The van der Waals surface area contributed by atoms with E-state index >= 15 is 0 Å². The number of carbonyl (C=O) groups excluding carboxylic acids is 1. The minimum atomic E-state index is -0.715. The summed E-state index contributed by atoms with van der Waals surface area (Å²) in [6, 6.07) is 21.9. The zero-order valence-electron chi connectivity index (χ0n) is 18.9. The van der Waals surface area contributed by atoms with E-state index < -0.39 is 18.0 Å². The normalized spacial score (nSPS) is 10.9. The van der Waals surface area contributed by atoms with Crippen LogP contribution in [0, 0.1) is 5.41 Å². The summed E-state index contributed by atoms with van der Waals surface area (Å²) < 4.78 is 4.85. The lowest BCUT2D eigenvalue weighted by atomic mass is 10.0. The van der Waals surface area contributed by atoms with E-state index in [-0.39, 0.29) is 24.8 Å². The van der Waals surface area contributed by atoms with Crippen LogP contribution in [0.3, 0.4) is 0 Å². The zero-order valence-corrected chi connectivity index (χ0v) is 22.2. The largest absolute Gasteiger partial charge is 0.392 e. The van der Waals surface area contributed by atoms with Gasteiger partial charge in [0.1, 0.15) is 6.04 Å². The Kier molecular flexibility index (Phi) is 13.6. The van der Waals surface area contributed by atoms with Gasteiger partial charge in [-0.2, -0.15) is 0 Å². The van der Waals surface area contributed by atoms with Crippen molar-refractivity contribution in [3.05, 3.63) is 94.5 Å². The Morgan fingerprint density at radius 1 is 1.03 bits per heavy atom. The molecule has 6 nitrogen and oxygen atoms in total. The fourth-order valence-electron chi connectivity index (χ4n) is 3.36. The highest BCUT2D eigenvalue weighted by Crippen LogP contribution is 2.19. The van der Waals surface area contributed by atoms with Gasteiger partial charge in [0.05, 0.1) is 0 Å². The van der Waals surface area contributed by atoms with E-state index in [4.69, 9.17) is 27.5 Å². The second kappa shape index (κ2) is 15.5. The Morgan fingerprint density at radius 3 is 2.40 bits per heavy atom. The van der Waals surface area contributed by atoms with Gasteiger partial charge in [0.15, 0.2) is 0 Å². The number of carbonyl (C=O) groups is 1. The van der Waals surface area contributed by atoms with Crippen LogP contribution >= 0.6 is 49.0 Å². The molecule has 0 aliphatic carbocycles. The summed E-state index contributed by atoms with van der Waals surface area (Å²) in [5.74, 6) is -0.617. The van der Waals surface area contributed by atoms with Crippen LogP contribution in [0.4, 0.5) is 5.69 Å². The third kappa shape index (κ3) is 10.4. The van der Waals surface area contributed by atoms with E-state index in [2.05, 4.69) is 23.3 Å². The smallest absolute Gasteiger partial charge is 0.336 e. The van der Waals surface area contributed by atoms with Crippen molar-refractivity contribution in [2.75, 3.05) is 11.9 Å². The first-order valence-electron chi connectivity index (χ1n) is 10.5. The van der Waals surface area contributed by atoms with Gasteiger partial charge in [-0.15, -0.1) is 37.4 Å². The Hall–Kier alpha value is -2.42. The quantitative estimate of drug-likeness (QED) is 0.0772. The van der Waals surface area contributed by atoms with Crippen molar-refractivity contribution in [3.63, 3.8) is 0 Å². The minimum Gasteiger partial charge on any atom is -0.392 e. The van der Waals surface area contributed by atoms with Crippen LogP contribution in [-0.2, 0) is 28.9 Å². The van der Waals surface area contributed by atoms with E-state index in [1.165, 1.54) is 5.56 Å². The lowest BCUT2D eigenvalue weighted by Gasteiger charge is -2.19. The predicted molar refractivity (Wildman–Crippen MR) is 151 cm³/mol. The van der Waals surface area contributed by atoms with Crippen molar-refractivity contribution < 1.29 is 9.53 Å². The van der Waals surface area contributed by atoms with Crippen LogP contribution in [-0.4, -0.2) is 24.6 Å². The van der Waals surface area contributed by atoms with E-state index in [0.29, 0.717) is 6.42 Å². The molecule has 1 atom stereocenters.